The first kappa shape index (κ1) is 25.8. The first-order valence-corrected chi connectivity index (χ1v) is 13.2. The average molecular weight is 533 g/mol. The number of nitriles is 2. The van der Waals surface area contributed by atoms with Crippen LogP contribution < -0.4 is 0 Å². The highest BCUT2D eigenvalue weighted by molar-refractivity contribution is 6.02. The van der Waals surface area contributed by atoms with Gasteiger partial charge < -0.3 is 0 Å². The van der Waals surface area contributed by atoms with E-state index in [0.717, 1.165) is 55.3 Å². The third kappa shape index (κ3) is 4.85. The zero-order valence-corrected chi connectivity index (χ0v) is 22.3. The monoisotopic (exact) mass is 532 g/mol. The highest BCUT2D eigenvalue weighted by Crippen LogP contribution is 2.41. The van der Waals surface area contributed by atoms with E-state index < -0.39 is 0 Å². The van der Waals surface area contributed by atoms with E-state index in [1.54, 1.807) is 0 Å². The van der Waals surface area contributed by atoms with Crippen LogP contribution in [0.1, 0.15) is 11.1 Å². The van der Waals surface area contributed by atoms with Crippen LogP contribution in [0.5, 0.6) is 0 Å². The zero-order valence-electron chi connectivity index (χ0n) is 22.3. The first-order valence-electron chi connectivity index (χ1n) is 13.2. The van der Waals surface area contributed by atoms with Crippen LogP contribution in [0.15, 0.2) is 121 Å². The van der Waals surface area contributed by atoms with Gasteiger partial charge in [0, 0.05) is 0 Å². The molecule has 42 heavy (non-hydrogen) atoms. The summed E-state index contributed by atoms with van der Waals surface area (Å²) in [4.78, 5) is 7.09. The minimum Gasteiger partial charge on any atom is -0.238 e. The van der Waals surface area contributed by atoms with Crippen molar-refractivity contribution >= 4 is 22.1 Å². The molecule has 0 heterocycles. The van der Waals surface area contributed by atoms with E-state index in [1.165, 1.54) is 0 Å². The smallest absolute Gasteiger partial charge is 0.187 e. The molecule has 0 unspecified atom stereocenters. The van der Waals surface area contributed by atoms with Crippen LogP contribution in [0.4, 0.5) is 11.4 Å². The Kier molecular flexibility index (Phi) is 6.73. The van der Waals surface area contributed by atoms with Gasteiger partial charge in [-0.15, -0.1) is 0 Å². The van der Waals surface area contributed by atoms with Crippen molar-refractivity contribution in [3.8, 4) is 56.6 Å². The molecule has 0 atom stereocenters. The molecule has 0 aliphatic heterocycles. The SMILES string of the molecule is [C-]#[N+]c1ccc(-c2cc3cc(-c4ccc(C#N)cc4)c(-c4ccc(C#N)cc4)cc3cc2-c2ccc([N+]#[C-])cc2)cc1. The van der Waals surface area contributed by atoms with Crippen molar-refractivity contribution in [3.63, 3.8) is 0 Å². The average Bonchev–Trinajstić information content (AvgIpc) is 3.07. The Morgan fingerprint density at radius 3 is 0.905 bits per heavy atom. The van der Waals surface area contributed by atoms with Gasteiger partial charge >= 0.3 is 0 Å². The molecular formula is C38H20N4. The second-order valence-corrected chi connectivity index (χ2v) is 9.84. The zero-order chi connectivity index (χ0) is 29.1. The summed E-state index contributed by atoms with van der Waals surface area (Å²) >= 11 is 0. The quantitative estimate of drug-likeness (QED) is 0.212. The van der Waals surface area contributed by atoms with Gasteiger partial charge in [-0.05, 0) is 104 Å². The Bertz CT molecular complexity index is 1820. The summed E-state index contributed by atoms with van der Waals surface area (Å²) in [5.41, 5.74) is 10.4. The second-order valence-electron chi connectivity index (χ2n) is 9.84. The van der Waals surface area contributed by atoms with Crippen molar-refractivity contribution in [1.82, 2.24) is 0 Å². The molecule has 6 aromatic rings. The first-order chi connectivity index (χ1) is 20.6. The number of nitrogens with zero attached hydrogens (tertiary/aromatic N) is 4. The van der Waals surface area contributed by atoms with Gasteiger partial charge in [0.05, 0.1) is 36.4 Å². The summed E-state index contributed by atoms with van der Waals surface area (Å²) in [6.07, 6.45) is 0. The fourth-order valence-electron chi connectivity index (χ4n) is 5.18. The second kappa shape index (κ2) is 11.0. The third-order valence-corrected chi connectivity index (χ3v) is 7.38. The Labute approximate surface area is 244 Å². The van der Waals surface area contributed by atoms with Gasteiger partial charge in [-0.3, -0.25) is 0 Å². The molecule has 0 spiro atoms. The fourth-order valence-corrected chi connectivity index (χ4v) is 5.18. The fraction of sp³-hybridized carbons (Fsp3) is 0. The molecular weight excluding hydrogens is 512 g/mol. The molecule has 192 valence electrons. The number of fused-ring (bicyclic) bond motifs is 1. The number of hydrogen-bond acceptors (Lipinski definition) is 2. The molecule has 0 aromatic heterocycles. The molecule has 0 fully saturated rings. The van der Waals surface area contributed by atoms with Crippen molar-refractivity contribution in [1.29, 1.82) is 10.5 Å². The van der Waals surface area contributed by atoms with E-state index >= 15 is 0 Å². The molecule has 0 aliphatic rings. The molecule has 0 saturated heterocycles. The van der Waals surface area contributed by atoms with E-state index in [4.69, 9.17) is 13.1 Å². The number of benzene rings is 6. The highest BCUT2D eigenvalue weighted by Gasteiger charge is 2.15. The van der Waals surface area contributed by atoms with Crippen LogP contribution >= 0.6 is 0 Å². The summed E-state index contributed by atoms with van der Waals surface area (Å²) in [6, 6.07) is 43.4. The molecule has 6 aromatic carbocycles. The Balaban J connectivity index is 1.63. The lowest BCUT2D eigenvalue weighted by Crippen LogP contribution is -1.91. The van der Waals surface area contributed by atoms with E-state index in [1.807, 2.05) is 97.1 Å². The Hall–Kier alpha value is -6.46. The lowest BCUT2D eigenvalue weighted by Gasteiger charge is -2.17. The van der Waals surface area contributed by atoms with Crippen LogP contribution in [0.2, 0.25) is 0 Å². The van der Waals surface area contributed by atoms with Crippen LogP contribution in [-0.4, -0.2) is 0 Å². The van der Waals surface area contributed by atoms with Crippen LogP contribution in [0.3, 0.4) is 0 Å². The number of hydrogen-bond donors (Lipinski definition) is 0. The molecule has 4 heteroatoms. The largest absolute Gasteiger partial charge is 0.238 e. The van der Waals surface area contributed by atoms with E-state index in [2.05, 4.69) is 46.1 Å². The lowest BCUT2D eigenvalue weighted by molar-refractivity contribution is 1.48. The summed E-state index contributed by atoms with van der Waals surface area (Å²) in [5, 5.41) is 20.8. The molecule has 6 rings (SSSR count). The maximum absolute atomic E-state index is 9.34. The Morgan fingerprint density at radius 2 is 0.667 bits per heavy atom. The number of rotatable bonds is 4. The van der Waals surface area contributed by atoms with Gasteiger partial charge in [-0.25, -0.2) is 9.69 Å². The van der Waals surface area contributed by atoms with Crippen molar-refractivity contribution < 1.29 is 0 Å². The van der Waals surface area contributed by atoms with Gasteiger partial charge in [0.15, 0.2) is 11.4 Å². The van der Waals surface area contributed by atoms with Crippen molar-refractivity contribution in [3.05, 3.63) is 155 Å². The topological polar surface area (TPSA) is 56.3 Å². The maximum Gasteiger partial charge on any atom is 0.187 e. The van der Waals surface area contributed by atoms with Gasteiger partial charge in [-0.1, -0.05) is 72.8 Å². The molecule has 0 N–H and O–H groups in total. The predicted molar refractivity (Wildman–Crippen MR) is 168 cm³/mol. The molecule has 4 nitrogen and oxygen atoms in total. The van der Waals surface area contributed by atoms with Crippen molar-refractivity contribution in [2.45, 2.75) is 0 Å². The standard InChI is InChI=1S/C38H20N4/c1-41-33-15-11-29(12-16-33)37-21-31-19-35(27-7-3-25(23-39)4-8-27)36(28-9-5-26(24-40)6-10-28)20-32(31)22-38(37)30-13-17-34(42-2)18-14-30/h3-22H. The van der Waals surface area contributed by atoms with E-state index in [0.29, 0.717) is 22.5 Å². The molecule has 0 amide bonds. The van der Waals surface area contributed by atoms with Crippen molar-refractivity contribution in [2.24, 2.45) is 0 Å². The minimum absolute atomic E-state index is 0.581. The summed E-state index contributed by atoms with van der Waals surface area (Å²) in [5.74, 6) is 0. The van der Waals surface area contributed by atoms with Crippen LogP contribution in [0, 0.1) is 35.8 Å². The predicted octanol–water partition coefficient (Wildman–Crippen LogP) is 10.4. The summed E-state index contributed by atoms with van der Waals surface area (Å²) in [6.45, 7) is 14.7. The van der Waals surface area contributed by atoms with Gasteiger partial charge in [0.25, 0.3) is 0 Å². The summed E-state index contributed by atoms with van der Waals surface area (Å²) in [7, 11) is 0. The minimum atomic E-state index is 0.581. The third-order valence-electron chi connectivity index (χ3n) is 7.38. The van der Waals surface area contributed by atoms with Crippen LogP contribution in [-0.2, 0) is 0 Å². The Morgan fingerprint density at radius 1 is 0.405 bits per heavy atom. The maximum atomic E-state index is 9.34. The molecule has 0 aliphatic carbocycles. The van der Waals surface area contributed by atoms with E-state index in [-0.39, 0.29) is 0 Å². The highest BCUT2D eigenvalue weighted by atomic mass is 14.6. The molecule has 0 radical (unpaired) electrons. The van der Waals surface area contributed by atoms with Gasteiger partial charge in [0.1, 0.15) is 0 Å². The molecule has 0 saturated carbocycles. The van der Waals surface area contributed by atoms with Crippen LogP contribution in [0.25, 0.3) is 65.0 Å². The van der Waals surface area contributed by atoms with Gasteiger partial charge in [0.2, 0.25) is 0 Å². The summed E-state index contributed by atoms with van der Waals surface area (Å²) < 4.78 is 0. The van der Waals surface area contributed by atoms with Crippen molar-refractivity contribution in [2.75, 3.05) is 0 Å². The van der Waals surface area contributed by atoms with E-state index in [9.17, 15) is 10.5 Å². The van der Waals surface area contributed by atoms with Gasteiger partial charge in [-0.2, -0.15) is 10.5 Å². The normalized spacial score (nSPS) is 10.3. The lowest BCUT2D eigenvalue weighted by atomic mass is 9.87. The molecule has 0 bridgehead atoms.